The van der Waals surface area contributed by atoms with Crippen LogP contribution in [0.5, 0.6) is 0 Å². The second-order valence-electron chi connectivity index (χ2n) is 8.45. The Morgan fingerprint density at radius 3 is 2.19 bits per heavy atom. The minimum absolute atomic E-state index is 0.111. The molecule has 0 saturated carbocycles. The number of rotatable bonds is 6. The molecule has 152 valence electrons. The van der Waals surface area contributed by atoms with E-state index < -0.39 is 10.0 Å². The third-order valence-electron chi connectivity index (χ3n) is 5.28. The zero-order valence-electron chi connectivity index (χ0n) is 17.5. The summed E-state index contributed by atoms with van der Waals surface area (Å²) in [6.45, 7) is 11.6. The van der Waals surface area contributed by atoms with Crippen molar-refractivity contribution in [3.63, 3.8) is 0 Å². The predicted molar refractivity (Wildman–Crippen MR) is 112 cm³/mol. The lowest BCUT2D eigenvalue weighted by Gasteiger charge is -2.34. The van der Waals surface area contributed by atoms with Crippen LogP contribution >= 0.6 is 0 Å². The van der Waals surface area contributed by atoms with Crippen LogP contribution in [0.1, 0.15) is 70.4 Å². The molecule has 2 rings (SSSR count). The van der Waals surface area contributed by atoms with E-state index >= 15 is 0 Å². The van der Waals surface area contributed by atoms with Gasteiger partial charge in [-0.2, -0.15) is 0 Å². The average molecular weight is 395 g/mol. The number of amides is 1. The molecule has 27 heavy (non-hydrogen) atoms. The first-order chi connectivity index (χ1) is 12.5. The van der Waals surface area contributed by atoms with Crippen LogP contribution in [-0.2, 0) is 14.8 Å². The number of nitrogens with zero attached hydrogens (tertiary/aromatic N) is 2. The van der Waals surface area contributed by atoms with E-state index in [1.807, 2.05) is 23.1 Å². The van der Waals surface area contributed by atoms with Gasteiger partial charge in [0.05, 0.1) is 11.9 Å². The van der Waals surface area contributed by atoms with Gasteiger partial charge in [0.1, 0.15) is 6.54 Å². The molecule has 0 N–H and O–H groups in total. The number of benzene rings is 1. The Labute approximate surface area is 164 Å². The maximum atomic E-state index is 13.0. The molecule has 1 aromatic rings. The molecular formula is C21H34N2O3S. The molecule has 1 aliphatic rings. The number of carbonyl (C=O) groups excluding carboxylic acids is 1. The predicted octanol–water partition coefficient (Wildman–Crippen LogP) is 3.96. The average Bonchev–Trinajstić information content (AvgIpc) is 2.57. The van der Waals surface area contributed by atoms with Gasteiger partial charge in [-0.05, 0) is 41.7 Å². The summed E-state index contributed by atoms with van der Waals surface area (Å²) in [6, 6.07) is 5.91. The maximum absolute atomic E-state index is 13.0. The van der Waals surface area contributed by atoms with Gasteiger partial charge in [-0.3, -0.25) is 9.10 Å². The summed E-state index contributed by atoms with van der Waals surface area (Å²) < 4.78 is 26.8. The number of carbonyl (C=O) groups is 1. The second kappa shape index (κ2) is 8.63. The molecule has 0 aromatic heterocycles. The third-order valence-corrected chi connectivity index (χ3v) is 6.39. The van der Waals surface area contributed by atoms with Crippen molar-refractivity contribution in [2.75, 3.05) is 30.2 Å². The van der Waals surface area contributed by atoms with Gasteiger partial charge in [0.2, 0.25) is 15.9 Å². The van der Waals surface area contributed by atoms with E-state index in [0.29, 0.717) is 24.7 Å². The Morgan fingerprint density at radius 1 is 1.19 bits per heavy atom. The number of likely N-dealkylation sites (tertiary alicyclic amines) is 1. The standard InChI is InChI=1S/C21H34N2O3S/c1-15(2)18-10-7-11-19(16(3)4)21(18)23(27(6,25)26)14-20(24)22-12-8-9-17(5)13-22/h7,10-11,15-17H,8-9,12-14H2,1-6H3. The molecule has 1 heterocycles. The number of piperidine rings is 1. The molecule has 5 nitrogen and oxygen atoms in total. The van der Waals surface area contributed by atoms with E-state index in [2.05, 4.69) is 34.6 Å². The van der Waals surface area contributed by atoms with Crippen LogP contribution in [0.4, 0.5) is 5.69 Å². The first-order valence-electron chi connectivity index (χ1n) is 9.90. The van der Waals surface area contributed by atoms with Gasteiger partial charge in [-0.25, -0.2) is 8.42 Å². The van der Waals surface area contributed by atoms with Gasteiger partial charge < -0.3 is 4.90 Å². The minimum atomic E-state index is -3.59. The topological polar surface area (TPSA) is 57.7 Å². The van der Waals surface area contributed by atoms with Crippen molar-refractivity contribution in [2.24, 2.45) is 5.92 Å². The molecule has 1 unspecified atom stereocenters. The number of anilines is 1. The number of hydrogen-bond acceptors (Lipinski definition) is 3. The smallest absolute Gasteiger partial charge is 0.243 e. The zero-order chi connectivity index (χ0) is 20.4. The quantitative estimate of drug-likeness (QED) is 0.734. The summed E-state index contributed by atoms with van der Waals surface area (Å²) >= 11 is 0. The molecule has 1 amide bonds. The molecule has 0 aliphatic carbocycles. The molecule has 1 aromatic carbocycles. The van der Waals surface area contributed by atoms with Gasteiger partial charge in [0.15, 0.2) is 0 Å². The van der Waals surface area contributed by atoms with E-state index in [1.54, 1.807) is 0 Å². The molecular weight excluding hydrogens is 360 g/mol. The summed E-state index contributed by atoms with van der Waals surface area (Å²) in [5, 5.41) is 0. The fourth-order valence-electron chi connectivity index (χ4n) is 3.80. The summed E-state index contributed by atoms with van der Waals surface area (Å²) in [7, 11) is -3.59. The largest absolute Gasteiger partial charge is 0.341 e. The first-order valence-corrected chi connectivity index (χ1v) is 11.8. The Balaban J connectivity index is 2.47. The Bertz CT molecular complexity index is 745. The van der Waals surface area contributed by atoms with E-state index in [0.717, 1.165) is 24.0 Å². The van der Waals surface area contributed by atoms with Crippen molar-refractivity contribution < 1.29 is 13.2 Å². The highest BCUT2D eigenvalue weighted by molar-refractivity contribution is 7.92. The van der Waals surface area contributed by atoms with Gasteiger partial charge in [0.25, 0.3) is 0 Å². The first kappa shape index (κ1) is 21.7. The molecule has 1 atom stereocenters. The summed E-state index contributed by atoms with van der Waals surface area (Å²) in [6.07, 6.45) is 3.29. The molecule has 0 radical (unpaired) electrons. The lowest BCUT2D eigenvalue weighted by atomic mass is 9.92. The molecule has 1 aliphatic heterocycles. The summed E-state index contributed by atoms with van der Waals surface area (Å²) in [4.78, 5) is 14.8. The number of hydrogen-bond donors (Lipinski definition) is 0. The van der Waals surface area contributed by atoms with Crippen molar-refractivity contribution >= 4 is 21.6 Å². The number of para-hydroxylation sites is 1. The fraction of sp³-hybridized carbons (Fsp3) is 0.667. The number of sulfonamides is 1. The van der Waals surface area contributed by atoms with Crippen LogP contribution < -0.4 is 4.31 Å². The highest BCUT2D eigenvalue weighted by Crippen LogP contribution is 2.36. The van der Waals surface area contributed by atoms with Crippen LogP contribution in [0, 0.1) is 5.92 Å². The van der Waals surface area contributed by atoms with Gasteiger partial charge in [0, 0.05) is 13.1 Å². The van der Waals surface area contributed by atoms with Crippen molar-refractivity contribution in [3.8, 4) is 0 Å². The van der Waals surface area contributed by atoms with Crippen molar-refractivity contribution in [2.45, 2.75) is 59.3 Å². The fourth-order valence-corrected chi connectivity index (χ4v) is 4.69. The summed E-state index contributed by atoms with van der Waals surface area (Å²) in [5.41, 5.74) is 2.61. The maximum Gasteiger partial charge on any atom is 0.243 e. The van der Waals surface area contributed by atoms with Crippen LogP contribution in [0.15, 0.2) is 18.2 Å². The summed E-state index contributed by atoms with van der Waals surface area (Å²) in [5.74, 6) is 0.671. The molecule has 0 spiro atoms. The zero-order valence-corrected chi connectivity index (χ0v) is 18.3. The van der Waals surface area contributed by atoms with Gasteiger partial charge in [-0.1, -0.05) is 52.8 Å². The SMILES string of the molecule is CC1CCCN(C(=O)CN(c2c(C(C)C)cccc2C(C)C)S(C)(=O)=O)C1. The van der Waals surface area contributed by atoms with E-state index in [9.17, 15) is 13.2 Å². The van der Waals surface area contributed by atoms with E-state index in [4.69, 9.17) is 0 Å². The Kier molecular flexibility index (Phi) is 6.95. The van der Waals surface area contributed by atoms with Crippen LogP contribution in [0.3, 0.4) is 0 Å². The van der Waals surface area contributed by atoms with Crippen LogP contribution in [0.2, 0.25) is 0 Å². The van der Waals surface area contributed by atoms with E-state index in [-0.39, 0.29) is 24.3 Å². The molecule has 1 fully saturated rings. The van der Waals surface area contributed by atoms with Crippen molar-refractivity contribution in [1.82, 2.24) is 4.90 Å². The monoisotopic (exact) mass is 394 g/mol. The third kappa shape index (κ3) is 5.24. The van der Waals surface area contributed by atoms with Crippen LogP contribution in [0.25, 0.3) is 0 Å². The minimum Gasteiger partial charge on any atom is -0.341 e. The highest BCUT2D eigenvalue weighted by atomic mass is 32.2. The lowest BCUT2D eigenvalue weighted by molar-refractivity contribution is -0.131. The molecule has 0 bridgehead atoms. The van der Waals surface area contributed by atoms with Gasteiger partial charge >= 0.3 is 0 Å². The molecule has 1 saturated heterocycles. The highest BCUT2D eigenvalue weighted by Gasteiger charge is 2.30. The molecule has 6 heteroatoms. The van der Waals surface area contributed by atoms with Crippen molar-refractivity contribution in [1.29, 1.82) is 0 Å². The Morgan fingerprint density at radius 2 is 1.74 bits per heavy atom. The second-order valence-corrected chi connectivity index (χ2v) is 10.4. The normalized spacial score (nSPS) is 18.2. The van der Waals surface area contributed by atoms with Crippen molar-refractivity contribution in [3.05, 3.63) is 29.3 Å². The Hall–Kier alpha value is -1.56. The van der Waals surface area contributed by atoms with E-state index in [1.165, 1.54) is 10.6 Å². The lowest BCUT2D eigenvalue weighted by Crippen LogP contribution is -2.46. The van der Waals surface area contributed by atoms with Crippen LogP contribution in [-0.4, -0.2) is 45.1 Å². The van der Waals surface area contributed by atoms with Gasteiger partial charge in [-0.15, -0.1) is 0 Å².